The molecule has 0 radical (unpaired) electrons. The fourth-order valence-corrected chi connectivity index (χ4v) is 3.73. The quantitative estimate of drug-likeness (QED) is 0.539. The van der Waals surface area contributed by atoms with E-state index in [0.717, 1.165) is 30.8 Å². The highest BCUT2D eigenvalue weighted by atomic mass is 32.1. The molecular weight excluding hydrogens is 435 g/mol. The highest BCUT2D eigenvalue weighted by Gasteiger charge is 2.17. The van der Waals surface area contributed by atoms with E-state index in [1.165, 1.54) is 24.3 Å². The molecule has 2 aromatic carbocycles. The summed E-state index contributed by atoms with van der Waals surface area (Å²) in [6, 6.07) is 12.2. The van der Waals surface area contributed by atoms with Gasteiger partial charge in [-0.2, -0.15) is 0 Å². The Morgan fingerprint density at radius 1 is 1.09 bits per heavy atom. The highest BCUT2D eigenvalue weighted by molar-refractivity contribution is 7.13. The predicted octanol–water partition coefficient (Wildman–Crippen LogP) is 3.42. The molecule has 0 bridgehead atoms. The molecule has 1 atom stereocenters. The topological polar surface area (TPSA) is 102 Å². The molecule has 0 saturated carbocycles. The fourth-order valence-electron chi connectivity index (χ4n) is 3.08. The number of ether oxygens (including phenoxy) is 2. The van der Waals surface area contributed by atoms with Gasteiger partial charge < -0.3 is 20.1 Å². The molecule has 2 amide bonds. The maximum atomic E-state index is 13.0. The Bertz CT molecular complexity index is 1070. The smallest absolute Gasteiger partial charge is 0.286 e. The Balaban J connectivity index is 1.25. The summed E-state index contributed by atoms with van der Waals surface area (Å²) in [6.07, 6.45) is 2.09. The molecule has 1 unspecified atom stereocenters. The van der Waals surface area contributed by atoms with Crippen LogP contribution in [0.25, 0.3) is 0 Å². The minimum absolute atomic E-state index is 0.0936. The number of anilines is 1. The molecule has 4 rings (SSSR count). The summed E-state index contributed by atoms with van der Waals surface area (Å²) >= 11 is 1.10. The molecule has 166 valence electrons. The van der Waals surface area contributed by atoms with Crippen molar-refractivity contribution in [3.8, 4) is 5.75 Å². The molecule has 0 spiro atoms. The first-order chi connectivity index (χ1) is 15.6. The lowest BCUT2D eigenvalue weighted by atomic mass is 10.2. The molecule has 8 nitrogen and oxygen atoms in total. The van der Waals surface area contributed by atoms with Crippen molar-refractivity contribution in [3.63, 3.8) is 0 Å². The summed E-state index contributed by atoms with van der Waals surface area (Å²) in [6.45, 7) is 1.39. The van der Waals surface area contributed by atoms with E-state index in [1.54, 1.807) is 24.3 Å². The number of carbonyl (C=O) groups is 2. The average Bonchev–Trinajstić information content (AvgIpc) is 3.50. The Hall–Kier alpha value is -3.37. The lowest BCUT2D eigenvalue weighted by Gasteiger charge is -2.11. The second-order valence-electron chi connectivity index (χ2n) is 7.12. The van der Waals surface area contributed by atoms with Gasteiger partial charge in [-0.15, -0.1) is 10.2 Å². The Labute approximate surface area is 187 Å². The van der Waals surface area contributed by atoms with Crippen LogP contribution in [0.1, 0.15) is 38.0 Å². The molecular formula is C22H21FN4O4S. The van der Waals surface area contributed by atoms with E-state index in [1.807, 2.05) is 0 Å². The van der Waals surface area contributed by atoms with E-state index in [2.05, 4.69) is 20.8 Å². The molecule has 10 heteroatoms. The molecule has 1 saturated heterocycles. The molecule has 3 aromatic rings. The van der Waals surface area contributed by atoms with E-state index >= 15 is 0 Å². The van der Waals surface area contributed by atoms with Gasteiger partial charge in [-0.3, -0.25) is 9.59 Å². The zero-order chi connectivity index (χ0) is 22.3. The summed E-state index contributed by atoms with van der Waals surface area (Å²) in [4.78, 5) is 24.5. The van der Waals surface area contributed by atoms with E-state index < -0.39 is 5.91 Å². The molecule has 1 aromatic heterocycles. The fraction of sp³-hybridized carbons (Fsp3) is 0.273. The maximum Gasteiger partial charge on any atom is 0.286 e. The third-order valence-electron chi connectivity index (χ3n) is 4.76. The second-order valence-corrected chi connectivity index (χ2v) is 8.18. The van der Waals surface area contributed by atoms with Crippen LogP contribution < -0.4 is 15.4 Å². The van der Waals surface area contributed by atoms with Crippen molar-refractivity contribution in [1.82, 2.24) is 15.5 Å². The van der Waals surface area contributed by atoms with Crippen LogP contribution in [0.5, 0.6) is 5.75 Å². The number of aromatic nitrogens is 2. The number of halogens is 1. The SMILES string of the molecule is O=C(NCC1CCCO1)c1ccc(OCc2nnc(C(=O)Nc3ccc(F)cc3)s2)cc1. The number of hydrogen-bond acceptors (Lipinski definition) is 7. The minimum atomic E-state index is -0.432. The van der Waals surface area contributed by atoms with Crippen molar-refractivity contribution in [3.05, 3.63) is 69.9 Å². The van der Waals surface area contributed by atoms with E-state index in [0.29, 0.717) is 28.6 Å². The van der Waals surface area contributed by atoms with Gasteiger partial charge in [0.1, 0.15) is 18.2 Å². The van der Waals surface area contributed by atoms with Crippen molar-refractivity contribution in [2.75, 3.05) is 18.5 Å². The maximum absolute atomic E-state index is 13.0. The van der Waals surface area contributed by atoms with Crippen LogP contribution in [0.15, 0.2) is 48.5 Å². The number of hydrogen-bond donors (Lipinski definition) is 2. The summed E-state index contributed by atoms with van der Waals surface area (Å²) in [5.41, 5.74) is 0.996. The van der Waals surface area contributed by atoms with Crippen LogP contribution in [-0.2, 0) is 11.3 Å². The number of amides is 2. The first-order valence-electron chi connectivity index (χ1n) is 10.1. The Morgan fingerprint density at radius 2 is 1.88 bits per heavy atom. The standard InChI is InChI=1S/C22H21FN4O4S/c23-15-5-7-16(8-6-15)25-21(29)22-27-26-19(32-22)13-31-17-9-3-14(4-10-17)20(28)24-12-18-2-1-11-30-18/h3-10,18H,1-2,11-13H2,(H,24,28)(H,25,29). The summed E-state index contributed by atoms with van der Waals surface area (Å²) in [5, 5.41) is 14.0. The molecule has 2 heterocycles. The minimum Gasteiger partial charge on any atom is -0.486 e. The van der Waals surface area contributed by atoms with Gasteiger partial charge >= 0.3 is 0 Å². The van der Waals surface area contributed by atoms with Crippen molar-refractivity contribution in [1.29, 1.82) is 0 Å². The van der Waals surface area contributed by atoms with Gasteiger partial charge in [0, 0.05) is 24.4 Å². The van der Waals surface area contributed by atoms with Crippen molar-refractivity contribution in [2.24, 2.45) is 0 Å². The molecule has 1 fully saturated rings. The normalized spacial score (nSPS) is 15.3. The number of rotatable bonds is 8. The molecule has 1 aliphatic heterocycles. The third-order valence-corrected chi connectivity index (χ3v) is 5.65. The highest BCUT2D eigenvalue weighted by Crippen LogP contribution is 2.18. The van der Waals surface area contributed by atoms with Gasteiger partial charge in [-0.1, -0.05) is 11.3 Å². The third kappa shape index (κ3) is 5.86. The number of carbonyl (C=O) groups excluding carboxylic acids is 2. The monoisotopic (exact) mass is 456 g/mol. The van der Waals surface area contributed by atoms with Gasteiger partial charge in [-0.05, 0) is 61.4 Å². The van der Waals surface area contributed by atoms with E-state index in [9.17, 15) is 14.0 Å². The predicted molar refractivity (Wildman–Crippen MR) is 116 cm³/mol. The Morgan fingerprint density at radius 3 is 2.59 bits per heavy atom. The lowest BCUT2D eigenvalue weighted by molar-refractivity contribution is 0.0857. The van der Waals surface area contributed by atoms with Crippen LogP contribution in [0.2, 0.25) is 0 Å². The van der Waals surface area contributed by atoms with Crippen molar-refractivity contribution < 1.29 is 23.5 Å². The lowest BCUT2D eigenvalue weighted by Crippen LogP contribution is -2.31. The average molecular weight is 456 g/mol. The van der Waals surface area contributed by atoms with Crippen molar-refractivity contribution >= 4 is 28.8 Å². The van der Waals surface area contributed by atoms with Gasteiger partial charge in [0.05, 0.1) is 6.10 Å². The summed E-state index contributed by atoms with van der Waals surface area (Å²) in [7, 11) is 0. The second kappa shape index (κ2) is 10.3. The first kappa shape index (κ1) is 21.8. The number of nitrogens with zero attached hydrogens (tertiary/aromatic N) is 2. The number of benzene rings is 2. The summed E-state index contributed by atoms with van der Waals surface area (Å²) in [5.74, 6) is -0.411. The van der Waals surface area contributed by atoms with Gasteiger partial charge in [0.15, 0.2) is 5.01 Å². The van der Waals surface area contributed by atoms with E-state index in [-0.39, 0.29) is 29.4 Å². The van der Waals surface area contributed by atoms with Crippen LogP contribution in [-0.4, -0.2) is 41.3 Å². The van der Waals surface area contributed by atoms with Crippen LogP contribution in [0.3, 0.4) is 0 Å². The van der Waals surface area contributed by atoms with Crippen LogP contribution >= 0.6 is 11.3 Å². The number of nitrogens with one attached hydrogen (secondary N) is 2. The van der Waals surface area contributed by atoms with Gasteiger partial charge in [0.2, 0.25) is 5.01 Å². The first-order valence-corrected chi connectivity index (χ1v) is 10.9. The Kier molecular flexibility index (Phi) is 7.03. The molecule has 32 heavy (non-hydrogen) atoms. The molecule has 1 aliphatic rings. The van der Waals surface area contributed by atoms with Gasteiger partial charge in [-0.25, -0.2) is 4.39 Å². The zero-order valence-electron chi connectivity index (χ0n) is 17.0. The largest absolute Gasteiger partial charge is 0.486 e. The zero-order valence-corrected chi connectivity index (χ0v) is 17.9. The molecule has 0 aliphatic carbocycles. The van der Waals surface area contributed by atoms with E-state index in [4.69, 9.17) is 9.47 Å². The van der Waals surface area contributed by atoms with Gasteiger partial charge in [0.25, 0.3) is 11.8 Å². The van der Waals surface area contributed by atoms with Crippen LogP contribution in [0, 0.1) is 5.82 Å². The molecule has 2 N–H and O–H groups in total. The van der Waals surface area contributed by atoms with Crippen molar-refractivity contribution in [2.45, 2.75) is 25.6 Å². The summed E-state index contributed by atoms with van der Waals surface area (Å²) < 4.78 is 24.1. The van der Waals surface area contributed by atoms with Crippen LogP contribution in [0.4, 0.5) is 10.1 Å².